The Morgan fingerprint density at radius 3 is 2.20 bits per heavy atom. The summed E-state index contributed by atoms with van der Waals surface area (Å²) < 4.78 is 109. The summed E-state index contributed by atoms with van der Waals surface area (Å²) in [5.74, 6) is -4.67. The van der Waals surface area contributed by atoms with E-state index in [0.717, 1.165) is 48.5 Å². The van der Waals surface area contributed by atoms with Gasteiger partial charge in [0.15, 0.2) is 0 Å². The molecule has 1 N–H and O–H groups in total. The molecule has 6 rings (SSSR count). The smallest absolute Gasteiger partial charge is 0.354 e. The highest BCUT2D eigenvalue weighted by Crippen LogP contribution is 2.36. The van der Waals surface area contributed by atoms with Gasteiger partial charge in [-0.05, 0) is 71.8 Å². The molecular formula is C34H32F6N6O3S. The van der Waals surface area contributed by atoms with Gasteiger partial charge in [0.2, 0.25) is 15.9 Å². The molecule has 0 aliphatic carbocycles. The van der Waals surface area contributed by atoms with Gasteiger partial charge in [-0.2, -0.15) is 17.5 Å². The number of piperazine rings is 1. The number of sulfonamides is 1. The van der Waals surface area contributed by atoms with Crippen molar-refractivity contribution in [3.05, 3.63) is 108 Å². The molecule has 2 saturated heterocycles. The van der Waals surface area contributed by atoms with Gasteiger partial charge in [-0.1, -0.05) is 12.1 Å². The molecule has 0 saturated carbocycles. The third kappa shape index (κ3) is 8.08. The molecule has 9 nitrogen and oxygen atoms in total. The summed E-state index contributed by atoms with van der Waals surface area (Å²) >= 11 is 0. The molecule has 1 atom stereocenters. The van der Waals surface area contributed by atoms with Crippen molar-refractivity contribution in [2.24, 2.45) is 0 Å². The lowest BCUT2D eigenvalue weighted by Gasteiger charge is -2.35. The normalized spacial score (nSPS) is 18.7. The third-order valence-electron chi connectivity index (χ3n) is 8.65. The Morgan fingerprint density at radius 2 is 1.56 bits per heavy atom. The summed E-state index contributed by atoms with van der Waals surface area (Å²) in [6.07, 6.45) is -2.14. The van der Waals surface area contributed by atoms with Crippen molar-refractivity contribution in [2.45, 2.75) is 42.5 Å². The SMILES string of the molecule is O=C(NCc1cc(-c2ccc(C(F)(F)F)cc2)nc(N2CCN(Cc3ccncc3)CC2)c1)[C@@H]1CC(F)(F)CN1S(=O)(=O)c1ccc(F)cc1. The van der Waals surface area contributed by atoms with Crippen LogP contribution in [0.5, 0.6) is 0 Å². The second-order valence-electron chi connectivity index (χ2n) is 12.2. The number of rotatable bonds is 9. The molecule has 2 aromatic carbocycles. The monoisotopic (exact) mass is 718 g/mol. The molecule has 50 heavy (non-hydrogen) atoms. The van der Waals surface area contributed by atoms with Crippen LogP contribution >= 0.6 is 0 Å². The molecule has 4 aromatic rings. The number of benzene rings is 2. The fourth-order valence-corrected chi connectivity index (χ4v) is 7.62. The average Bonchev–Trinajstić information content (AvgIpc) is 3.44. The molecule has 4 heterocycles. The van der Waals surface area contributed by atoms with E-state index in [-0.39, 0.29) is 6.54 Å². The Labute approximate surface area is 284 Å². The Kier molecular flexibility index (Phi) is 9.88. The number of carbonyl (C=O) groups excluding carboxylic acids is 1. The van der Waals surface area contributed by atoms with Crippen molar-refractivity contribution in [3.63, 3.8) is 0 Å². The van der Waals surface area contributed by atoms with Crippen LogP contribution in [-0.4, -0.2) is 78.2 Å². The summed E-state index contributed by atoms with van der Waals surface area (Å²) in [6, 6.07) is 13.5. The summed E-state index contributed by atoms with van der Waals surface area (Å²) in [7, 11) is -4.58. The Balaban J connectivity index is 1.23. The van der Waals surface area contributed by atoms with Gasteiger partial charge in [-0.3, -0.25) is 14.7 Å². The molecule has 2 fully saturated rings. The molecule has 0 bridgehead atoms. The maximum atomic E-state index is 14.6. The predicted octanol–water partition coefficient (Wildman–Crippen LogP) is 5.34. The molecule has 0 spiro atoms. The van der Waals surface area contributed by atoms with Crippen molar-refractivity contribution >= 4 is 21.7 Å². The van der Waals surface area contributed by atoms with E-state index in [0.29, 0.717) is 53.1 Å². The van der Waals surface area contributed by atoms with Crippen LogP contribution in [0.4, 0.5) is 32.2 Å². The first-order valence-corrected chi connectivity index (χ1v) is 17.1. The van der Waals surface area contributed by atoms with Crippen LogP contribution in [0.15, 0.2) is 90.1 Å². The van der Waals surface area contributed by atoms with Crippen molar-refractivity contribution in [3.8, 4) is 11.3 Å². The van der Waals surface area contributed by atoms with Gasteiger partial charge in [0.1, 0.15) is 17.7 Å². The van der Waals surface area contributed by atoms with Gasteiger partial charge >= 0.3 is 6.18 Å². The van der Waals surface area contributed by atoms with Crippen LogP contribution < -0.4 is 10.2 Å². The van der Waals surface area contributed by atoms with Crippen LogP contribution in [0, 0.1) is 5.82 Å². The van der Waals surface area contributed by atoms with E-state index in [1.807, 2.05) is 17.0 Å². The minimum atomic E-state index is -4.58. The summed E-state index contributed by atoms with van der Waals surface area (Å²) in [5.41, 5.74) is 1.46. The molecule has 2 aliphatic rings. The molecular weight excluding hydrogens is 686 g/mol. The number of carbonyl (C=O) groups is 1. The molecule has 0 radical (unpaired) electrons. The number of alkyl halides is 5. The highest BCUT2D eigenvalue weighted by molar-refractivity contribution is 7.89. The van der Waals surface area contributed by atoms with E-state index in [4.69, 9.17) is 4.98 Å². The van der Waals surface area contributed by atoms with Crippen LogP contribution in [0.2, 0.25) is 0 Å². The van der Waals surface area contributed by atoms with Gasteiger partial charge in [-0.25, -0.2) is 26.6 Å². The number of pyridine rings is 2. The first kappa shape index (κ1) is 35.3. The van der Waals surface area contributed by atoms with E-state index in [1.54, 1.807) is 24.5 Å². The molecule has 16 heteroatoms. The zero-order valence-electron chi connectivity index (χ0n) is 26.5. The quantitative estimate of drug-likeness (QED) is 0.234. The number of aromatic nitrogens is 2. The van der Waals surface area contributed by atoms with E-state index < -0.39 is 63.3 Å². The van der Waals surface area contributed by atoms with Crippen LogP contribution in [0.1, 0.15) is 23.1 Å². The highest BCUT2D eigenvalue weighted by atomic mass is 32.2. The van der Waals surface area contributed by atoms with Gasteiger partial charge in [0.05, 0.1) is 22.7 Å². The highest BCUT2D eigenvalue weighted by Gasteiger charge is 2.53. The van der Waals surface area contributed by atoms with Crippen molar-refractivity contribution in [1.82, 2.24) is 24.5 Å². The van der Waals surface area contributed by atoms with E-state index in [9.17, 15) is 39.6 Å². The lowest BCUT2D eigenvalue weighted by Crippen LogP contribution is -2.46. The number of nitrogens with one attached hydrogen (secondary N) is 1. The maximum Gasteiger partial charge on any atom is 0.416 e. The lowest BCUT2D eigenvalue weighted by atomic mass is 10.1. The Morgan fingerprint density at radius 1 is 0.900 bits per heavy atom. The number of amides is 1. The van der Waals surface area contributed by atoms with Crippen LogP contribution in [0.25, 0.3) is 11.3 Å². The summed E-state index contributed by atoms with van der Waals surface area (Å²) in [5, 5.41) is 2.57. The second kappa shape index (κ2) is 14.0. The average molecular weight is 719 g/mol. The van der Waals surface area contributed by atoms with Crippen LogP contribution in [0.3, 0.4) is 0 Å². The number of halogens is 6. The van der Waals surface area contributed by atoms with E-state index >= 15 is 0 Å². The van der Waals surface area contributed by atoms with E-state index in [1.165, 1.54) is 12.1 Å². The zero-order chi connectivity index (χ0) is 35.7. The first-order chi connectivity index (χ1) is 23.7. The first-order valence-electron chi connectivity index (χ1n) is 15.7. The predicted molar refractivity (Wildman–Crippen MR) is 172 cm³/mol. The number of nitrogens with zero attached hydrogens (tertiary/aromatic N) is 5. The van der Waals surface area contributed by atoms with E-state index in [2.05, 4.69) is 15.2 Å². The second-order valence-corrected chi connectivity index (χ2v) is 14.1. The Bertz CT molecular complexity index is 1920. The summed E-state index contributed by atoms with van der Waals surface area (Å²) in [4.78, 5) is 26.0. The van der Waals surface area contributed by atoms with Crippen molar-refractivity contribution in [1.29, 1.82) is 0 Å². The standard InChI is InChI=1S/C34H32F6N6O3S/c35-27-5-7-28(8-6-27)50(48,49)46-22-33(36,37)19-30(46)32(47)42-20-24-17-29(25-1-3-26(4-2-25)34(38,39)40)43-31(18-24)45-15-13-44(14-16-45)21-23-9-11-41-12-10-23/h1-12,17-18,30H,13-16,19-22H2,(H,42,47)/t30-/m0/s1. The van der Waals surface area contributed by atoms with Crippen LogP contribution in [-0.2, 0) is 34.1 Å². The largest absolute Gasteiger partial charge is 0.416 e. The molecule has 2 aromatic heterocycles. The topological polar surface area (TPSA) is 98.7 Å². The summed E-state index contributed by atoms with van der Waals surface area (Å²) in [6.45, 7) is 1.82. The van der Waals surface area contributed by atoms with Gasteiger partial charge < -0.3 is 10.2 Å². The number of anilines is 1. The zero-order valence-corrected chi connectivity index (χ0v) is 27.3. The van der Waals surface area contributed by atoms with Crippen molar-refractivity contribution < 1.29 is 39.6 Å². The third-order valence-corrected chi connectivity index (χ3v) is 10.5. The molecule has 0 unspecified atom stereocenters. The van der Waals surface area contributed by atoms with Gasteiger partial charge in [0, 0.05) is 63.6 Å². The lowest BCUT2D eigenvalue weighted by molar-refractivity contribution is -0.137. The molecule has 264 valence electrons. The number of hydrogen-bond acceptors (Lipinski definition) is 7. The molecule has 2 aliphatic heterocycles. The van der Waals surface area contributed by atoms with Gasteiger partial charge in [0.25, 0.3) is 5.92 Å². The number of hydrogen-bond donors (Lipinski definition) is 1. The fourth-order valence-electron chi connectivity index (χ4n) is 6.01. The maximum absolute atomic E-state index is 14.6. The molecule has 1 amide bonds. The van der Waals surface area contributed by atoms with Gasteiger partial charge in [-0.15, -0.1) is 0 Å². The fraction of sp³-hybridized carbons (Fsp3) is 0.324. The minimum absolute atomic E-state index is 0.212. The minimum Gasteiger partial charge on any atom is -0.354 e. The van der Waals surface area contributed by atoms with Crippen molar-refractivity contribution in [2.75, 3.05) is 37.6 Å². The Hall–Kier alpha value is -4.54.